The summed E-state index contributed by atoms with van der Waals surface area (Å²) in [5.74, 6) is 0.927. The van der Waals surface area contributed by atoms with E-state index in [0.29, 0.717) is 11.7 Å². The van der Waals surface area contributed by atoms with Crippen LogP contribution in [0.2, 0.25) is 0 Å². The van der Waals surface area contributed by atoms with Crippen molar-refractivity contribution in [3.63, 3.8) is 0 Å². The number of furan rings is 1. The molecule has 112 valence electrons. The second-order valence-electron chi connectivity index (χ2n) is 6.33. The summed E-state index contributed by atoms with van der Waals surface area (Å²) in [4.78, 5) is 13.0. The van der Waals surface area contributed by atoms with Crippen molar-refractivity contribution in [2.45, 2.75) is 45.1 Å². The summed E-state index contributed by atoms with van der Waals surface area (Å²) in [6, 6.07) is 7.81. The normalized spacial score (nSPS) is 26.1. The van der Waals surface area contributed by atoms with Gasteiger partial charge in [-0.3, -0.25) is 4.79 Å². The van der Waals surface area contributed by atoms with Crippen molar-refractivity contribution < 1.29 is 13.9 Å². The number of rotatable bonds is 3. The first-order valence-electron chi connectivity index (χ1n) is 7.65. The first kappa shape index (κ1) is 14.3. The summed E-state index contributed by atoms with van der Waals surface area (Å²) < 4.78 is 11.5. The fourth-order valence-corrected chi connectivity index (χ4v) is 3.53. The minimum absolute atomic E-state index is 0.00727. The summed E-state index contributed by atoms with van der Waals surface area (Å²) in [6.07, 6.45) is 3.75. The van der Waals surface area contributed by atoms with Crippen molar-refractivity contribution in [2.24, 2.45) is 5.92 Å². The maximum Gasteiger partial charge on any atom is 0.229 e. The van der Waals surface area contributed by atoms with Crippen LogP contribution in [-0.4, -0.2) is 18.5 Å². The number of benzene rings is 1. The van der Waals surface area contributed by atoms with E-state index in [4.69, 9.17) is 9.15 Å². The summed E-state index contributed by atoms with van der Waals surface area (Å²) >= 11 is 0. The van der Waals surface area contributed by atoms with Gasteiger partial charge in [-0.05, 0) is 43.7 Å². The summed E-state index contributed by atoms with van der Waals surface area (Å²) in [5, 5.41) is 0.980. The number of methoxy groups -OCH3 is 1. The maximum atomic E-state index is 13.0. The van der Waals surface area contributed by atoms with Gasteiger partial charge in [0.2, 0.25) is 5.78 Å². The van der Waals surface area contributed by atoms with Crippen molar-refractivity contribution in [3.05, 3.63) is 35.6 Å². The second kappa shape index (κ2) is 5.30. The first-order valence-corrected chi connectivity index (χ1v) is 7.65. The van der Waals surface area contributed by atoms with Crippen LogP contribution in [0.1, 0.15) is 48.7 Å². The predicted molar refractivity (Wildman–Crippen MR) is 82.7 cm³/mol. The zero-order valence-corrected chi connectivity index (χ0v) is 12.9. The van der Waals surface area contributed by atoms with Crippen LogP contribution >= 0.6 is 0 Å². The molecule has 0 N–H and O–H groups in total. The Morgan fingerprint density at radius 3 is 2.90 bits per heavy atom. The van der Waals surface area contributed by atoms with Gasteiger partial charge in [0.25, 0.3) is 0 Å². The number of carbonyl (C=O) groups excluding carboxylic acids is 1. The monoisotopic (exact) mass is 286 g/mol. The highest BCUT2D eigenvalue weighted by Crippen LogP contribution is 2.38. The summed E-state index contributed by atoms with van der Waals surface area (Å²) in [6.45, 7) is 4.18. The quantitative estimate of drug-likeness (QED) is 0.779. The molecule has 1 aliphatic carbocycles. The van der Waals surface area contributed by atoms with Crippen molar-refractivity contribution in [3.8, 4) is 0 Å². The van der Waals surface area contributed by atoms with Crippen LogP contribution in [0.5, 0.6) is 0 Å². The molecular weight excluding hydrogens is 264 g/mol. The van der Waals surface area contributed by atoms with Crippen LogP contribution in [0.25, 0.3) is 11.0 Å². The molecule has 0 amide bonds. The van der Waals surface area contributed by atoms with Gasteiger partial charge >= 0.3 is 0 Å². The molecule has 3 nitrogen and oxygen atoms in total. The number of ketones is 1. The van der Waals surface area contributed by atoms with Gasteiger partial charge in [0.05, 0.1) is 0 Å². The van der Waals surface area contributed by atoms with Crippen LogP contribution in [0.4, 0.5) is 0 Å². The average molecular weight is 286 g/mol. The van der Waals surface area contributed by atoms with E-state index in [1.165, 1.54) is 0 Å². The lowest BCUT2D eigenvalue weighted by Crippen LogP contribution is -2.44. The van der Waals surface area contributed by atoms with Crippen LogP contribution in [0, 0.1) is 12.8 Å². The third-order valence-electron chi connectivity index (χ3n) is 4.73. The molecule has 0 saturated heterocycles. The van der Waals surface area contributed by atoms with Gasteiger partial charge in [0, 0.05) is 12.5 Å². The summed E-state index contributed by atoms with van der Waals surface area (Å²) in [5.41, 5.74) is 1.14. The number of para-hydroxylation sites is 1. The highest BCUT2D eigenvalue weighted by atomic mass is 16.5. The second-order valence-corrected chi connectivity index (χ2v) is 6.33. The molecule has 1 fully saturated rings. The van der Waals surface area contributed by atoms with Crippen LogP contribution in [0.3, 0.4) is 0 Å². The van der Waals surface area contributed by atoms with Crippen molar-refractivity contribution in [1.82, 2.24) is 0 Å². The van der Waals surface area contributed by atoms with Crippen molar-refractivity contribution in [1.29, 1.82) is 0 Å². The molecule has 0 spiro atoms. The van der Waals surface area contributed by atoms with Crippen LogP contribution in [-0.2, 0) is 4.74 Å². The van der Waals surface area contributed by atoms with Gasteiger partial charge in [-0.25, -0.2) is 0 Å². The van der Waals surface area contributed by atoms with E-state index < -0.39 is 5.60 Å². The van der Waals surface area contributed by atoms with Gasteiger partial charge in [0.1, 0.15) is 11.2 Å². The Hall–Kier alpha value is -1.61. The Balaban J connectivity index is 2.00. The van der Waals surface area contributed by atoms with E-state index in [0.717, 1.165) is 42.2 Å². The van der Waals surface area contributed by atoms with Gasteiger partial charge < -0.3 is 9.15 Å². The number of Topliss-reactive ketones (excluding diaryl/α,β-unsaturated/α-hetero) is 1. The van der Waals surface area contributed by atoms with Gasteiger partial charge in [0.15, 0.2) is 5.76 Å². The molecule has 1 aliphatic rings. The Kier molecular flexibility index (Phi) is 3.62. The lowest BCUT2D eigenvalue weighted by atomic mass is 9.76. The number of hydrogen-bond donors (Lipinski definition) is 0. The number of carbonyl (C=O) groups is 1. The molecule has 1 heterocycles. The van der Waals surface area contributed by atoms with Gasteiger partial charge in [-0.1, -0.05) is 31.5 Å². The Morgan fingerprint density at radius 2 is 2.24 bits per heavy atom. The third kappa shape index (κ3) is 2.40. The predicted octanol–water partition coefficient (Wildman–Crippen LogP) is 4.52. The Bertz CT molecular complexity index is 670. The smallest absolute Gasteiger partial charge is 0.229 e. The standard InChI is InChI=1S/C18H22O3/c1-12-6-5-9-18(11-12,20-3)17(19)15-10-14-8-4-7-13(2)16(14)21-15/h4,7-8,10,12H,5-6,9,11H2,1-3H3. The molecule has 2 unspecified atom stereocenters. The number of hydrogen-bond acceptors (Lipinski definition) is 3. The Labute approximate surface area is 125 Å². The molecule has 1 saturated carbocycles. The highest BCUT2D eigenvalue weighted by molar-refractivity contribution is 6.03. The molecule has 0 bridgehead atoms. The SMILES string of the molecule is COC1(C(=O)c2cc3cccc(C)c3o2)CCCC(C)C1. The van der Waals surface area contributed by atoms with E-state index in [9.17, 15) is 4.79 Å². The largest absolute Gasteiger partial charge is 0.453 e. The third-order valence-corrected chi connectivity index (χ3v) is 4.73. The zero-order chi connectivity index (χ0) is 15.0. The highest BCUT2D eigenvalue weighted by Gasteiger charge is 2.43. The van der Waals surface area contributed by atoms with Crippen molar-refractivity contribution >= 4 is 16.8 Å². The van der Waals surface area contributed by atoms with Crippen LogP contribution < -0.4 is 0 Å². The van der Waals surface area contributed by atoms with Crippen molar-refractivity contribution in [2.75, 3.05) is 7.11 Å². The number of aryl methyl sites for hydroxylation is 1. The van der Waals surface area contributed by atoms with E-state index in [1.54, 1.807) is 7.11 Å². The molecule has 0 radical (unpaired) electrons. The molecule has 3 heteroatoms. The molecule has 1 aromatic carbocycles. The fourth-order valence-electron chi connectivity index (χ4n) is 3.53. The lowest BCUT2D eigenvalue weighted by Gasteiger charge is -2.36. The fraction of sp³-hybridized carbons (Fsp3) is 0.500. The van der Waals surface area contributed by atoms with Gasteiger partial charge in [-0.2, -0.15) is 0 Å². The van der Waals surface area contributed by atoms with E-state index in [2.05, 4.69) is 6.92 Å². The molecule has 0 aliphatic heterocycles. The average Bonchev–Trinajstić information content (AvgIpc) is 2.92. The first-order chi connectivity index (χ1) is 10.1. The summed E-state index contributed by atoms with van der Waals surface area (Å²) in [7, 11) is 1.64. The van der Waals surface area contributed by atoms with E-state index >= 15 is 0 Å². The molecule has 2 atom stereocenters. The zero-order valence-electron chi connectivity index (χ0n) is 12.9. The molecule has 1 aromatic heterocycles. The minimum Gasteiger partial charge on any atom is -0.453 e. The topological polar surface area (TPSA) is 39.4 Å². The van der Waals surface area contributed by atoms with Gasteiger partial charge in [-0.15, -0.1) is 0 Å². The van der Waals surface area contributed by atoms with E-state index in [-0.39, 0.29) is 5.78 Å². The minimum atomic E-state index is -0.709. The molecule has 2 aromatic rings. The lowest BCUT2D eigenvalue weighted by molar-refractivity contribution is -0.0318. The number of ether oxygens (including phenoxy) is 1. The van der Waals surface area contributed by atoms with E-state index in [1.807, 2.05) is 31.2 Å². The molecular formula is C18H22O3. The Morgan fingerprint density at radius 1 is 1.43 bits per heavy atom. The molecule has 21 heavy (non-hydrogen) atoms. The maximum absolute atomic E-state index is 13.0. The molecule has 3 rings (SSSR count). The number of fused-ring (bicyclic) bond motifs is 1. The van der Waals surface area contributed by atoms with Crippen LogP contribution in [0.15, 0.2) is 28.7 Å².